The fourth-order valence-electron chi connectivity index (χ4n) is 2.84. The van der Waals surface area contributed by atoms with Crippen molar-refractivity contribution in [2.75, 3.05) is 31.2 Å². The number of rotatable bonds is 2. The highest BCUT2D eigenvalue weighted by Gasteiger charge is 2.18. The third-order valence-electron chi connectivity index (χ3n) is 4.12. The summed E-state index contributed by atoms with van der Waals surface area (Å²) in [6.07, 6.45) is 4.08. The maximum absolute atomic E-state index is 6.15. The summed E-state index contributed by atoms with van der Waals surface area (Å²) in [6.45, 7) is 4.38. The number of hydrogen-bond acceptors (Lipinski definition) is 4. The van der Waals surface area contributed by atoms with Gasteiger partial charge < -0.3 is 16.0 Å². The molecule has 1 aromatic carbocycles. The molecule has 0 amide bonds. The van der Waals surface area contributed by atoms with Crippen molar-refractivity contribution in [1.82, 2.24) is 9.88 Å². The molecule has 3 rings (SSSR count). The molecule has 0 unspecified atom stereocenters. The highest BCUT2D eigenvalue weighted by molar-refractivity contribution is 5.97. The number of nitrogens with two attached hydrogens (primary N) is 1. The second kappa shape index (κ2) is 5.29. The fraction of sp³-hybridized carbons (Fsp3) is 0.438. The van der Waals surface area contributed by atoms with Crippen molar-refractivity contribution < 1.29 is 0 Å². The van der Waals surface area contributed by atoms with Crippen molar-refractivity contribution in [2.24, 2.45) is 0 Å². The van der Waals surface area contributed by atoms with Crippen LogP contribution in [0.5, 0.6) is 0 Å². The maximum atomic E-state index is 6.15. The first-order valence-electron chi connectivity index (χ1n) is 7.23. The summed E-state index contributed by atoms with van der Waals surface area (Å²) in [5, 5.41) is 4.78. The molecular weight excluding hydrogens is 248 g/mol. The number of piperidine rings is 1. The maximum Gasteiger partial charge on any atom is 0.0743 e. The van der Waals surface area contributed by atoms with Crippen LogP contribution < -0.4 is 11.1 Å². The number of nitrogens with zero attached hydrogens (tertiary/aromatic N) is 2. The van der Waals surface area contributed by atoms with Crippen LogP contribution in [0.3, 0.4) is 0 Å². The quantitative estimate of drug-likeness (QED) is 0.881. The van der Waals surface area contributed by atoms with Gasteiger partial charge in [0.25, 0.3) is 0 Å². The van der Waals surface area contributed by atoms with Crippen molar-refractivity contribution in [3.8, 4) is 0 Å². The van der Waals surface area contributed by atoms with Crippen LogP contribution >= 0.6 is 0 Å². The van der Waals surface area contributed by atoms with Gasteiger partial charge in [-0.3, -0.25) is 4.98 Å². The average Bonchev–Trinajstić information content (AvgIpc) is 2.44. The zero-order valence-electron chi connectivity index (χ0n) is 12.2. The van der Waals surface area contributed by atoms with Crippen LogP contribution in [-0.2, 0) is 0 Å². The van der Waals surface area contributed by atoms with Gasteiger partial charge in [0.05, 0.1) is 23.1 Å². The van der Waals surface area contributed by atoms with E-state index >= 15 is 0 Å². The molecule has 1 aromatic heterocycles. The van der Waals surface area contributed by atoms with Crippen molar-refractivity contribution >= 4 is 22.3 Å². The van der Waals surface area contributed by atoms with Crippen molar-refractivity contribution in [2.45, 2.75) is 25.8 Å². The van der Waals surface area contributed by atoms with E-state index in [1.54, 1.807) is 6.20 Å². The van der Waals surface area contributed by atoms with Gasteiger partial charge in [-0.2, -0.15) is 0 Å². The Hall–Kier alpha value is -1.81. The third kappa shape index (κ3) is 2.56. The first-order chi connectivity index (χ1) is 9.63. The number of aryl methyl sites for hydroxylation is 1. The Balaban J connectivity index is 1.93. The predicted molar refractivity (Wildman–Crippen MR) is 85.0 cm³/mol. The number of nitrogens with one attached hydrogen (secondary N) is 1. The van der Waals surface area contributed by atoms with Gasteiger partial charge >= 0.3 is 0 Å². The van der Waals surface area contributed by atoms with E-state index in [2.05, 4.69) is 47.4 Å². The van der Waals surface area contributed by atoms with Crippen LogP contribution in [0.1, 0.15) is 18.4 Å². The number of likely N-dealkylation sites (tertiary alicyclic amines) is 1. The lowest BCUT2D eigenvalue weighted by atomic mass is 10.0. The lowest BCUT2D eigenvalue weighted by molar-refractivity contribution is 0.264. The molecule has 20 heavy (non-hydrogen) atoms. The van der Waals surface area contributed by atoms with Gasteiger partial charge in [0.1, 0.15) is 0 Å². The Labute approximate surface area is 120 Å². The van der Waals surface area contributed by atoms with E-state index in [-0.39, 0.29) is 0 Å². The number of aromatic nitrogens is 1. The molecule has 2 aromatic rings. The Morgan fingerprint density at radius 1 is 1.30 bits per heavy atom. The molecule has 0 aliphatic carbocycles. The van der Waals surface area contributed by atoms with Crippen LogP contribution in [0.4, 0.5) is 11.4 Å². The number of anilines is 2. The number of hydrogen-bond donors (Lipinski definition) is 2. The molecule has 4 heteroatoms. The van der Waals surface area contributed by atoms with E-state index in [0.717, 1.165) is 48.2 Å². The lowest BCUT2D eigenvalue weighted by Crippen LogP contribution is -2.36. The van der Waals surface area contributed by atoms with Gasteiger partial charge in [-0.05, 0) is 52.0 Å². The van der Waals surface area contributed by atoms with Gasteiger partial charge in [0.2, 0.25) is 0 Å². The zero-order valence-corrected chi connectivity index (χ0v) is 12.2. The van der Waals surface area contributed by atoms with E-state index < -0.39 is 0 Å². The monoisotopic (exact) mass is 270 g/mol. The molecule has 0 bridgehead atoms. The van der Waals surface area contributed by atoms with Gasteiger partial charge in [0.15, 0.2) is 0 Å². The second-order valence-corrected chi connectivity index (χ2v) is 5.83. The van der Waals surface area contributed by atoms with Crippen molar-refractivity contribution in [1.29, 1.82) is 0 Å². The largest absolute Gasteiger partial charge is 0.396 e. The standard InChI is InChI=1S/C16H22N4/c1-11-3-4-15-13(9-11)16(14(17)10-18-15)19-12-5-7-20(2)8-6-12/h3-4,9-10,12H,5-8,17H2,1-2H3,(H,18,19). The number of pyridine rings is 1. The van der Waals surface area contributed by atoms with E-state index in [0.29, 0.717) is 6.04 Å². The predicted octanol–water partition coefficient (Wildman–Crippen LogP) is 2.63. The van der Waals surface area contributed by atoms with Crippen LogP contribution in [0.15, 0.2) is 24.4 Å². The first-order valence-corrected chi connectivity index (χ1v) is 7.23. The van der Waals surface area contributed by atoms with Gasteiger partial charge in [-0.25, -0.2) is 0 Å². The van der Waals surface area contributed by atoms with Crippen LogP contribution in [0.25, 0.3) is 10.9 Å². The van der Waals surface area contributed by atoms with E-state index in [1.165, 1.54) is 5.56 Å². The highest BCUT2D eigenvalue weighted by Crippen LogP contribution is 2.30. The second-order valence-electron chi connectivity index (χ2n) is 5.83. The summed E-state index contributed by atoms with van der Waals surface area (Å²) in [6, 6.07) is 6.81. The summed E-state index contributed by atoms with van der Waals surface area (Å²) >= 11 is 0. The molecule has 3 N–H and O–H groups in total. The summed E-state index contributed by atoms with van der Waals surface area (Å²) < 4.78 is 0. The van der Waals surface area contributed by atoms with Crippen LogP contribution in [-0.4, -0.2) is 36.1 Å². The Kier molecular flexibility index (Phi) is 3.49. The minimum atomic E-state index is 0.500. The molecule has 0 spiro atoms. The summed E-state index contributed by atoms with van der Waals surface area (Å²) in [5.74, 6) is 0. The van der Waals surface area contributed by atoms with Crippen molar-refractivity contribution in [3.05, 3.63) is 30.0 Å². The fourth-order valence-corrected chi connectivity index (χ4v) is 2.84. The molecule has 0 saturated carbocycles. The molecule has 2 heterocycles. The summed E-state index contributed by atoms with van der Waals surface area (Å²) in [5.41, 5.74) is 10.2. The smallest absolute Gasteiger partial charge is 0.0743 e. The minimum absolute atomic E-state index is 0.500. The molecular formula is C16H22N4. The normalized spacial score (nSPS) is 17.5. The number of fused-ring (bicyclic) bond motifs is 1. The van der Waals surface area contributed by atoms with E-state index in [1.807, 2.05) is 0 Å². The molecule has 4 nitrogen and oxygen atoms in total. The Morgan fingerprint density at radius 3 is 2.80 bits per heavy atom. The Bertz CT molecular complexity index is 610. The third-order valence-corrected chi connectivity index (χ3v) is 4.12. The highest BCUT2D eigenvalue weighted by atomic mass is 15.1. The minimum Gasteiger partial charge on any atom is -0.396 e. The molecule has 1 fully saturated rings. The lowest BCUT2D eigenvalue weighted by Gasteiger charge is -2.30. The SMILES string of the molecule is Cc1ccc2ncc(N)c(NC3CCN(C)CC3)c2c1. The number of nitrogen functional groups attached to an aromatic ring is 1. The van der Waals surface area contributed by atoms with E-state index in [9.17, 15) is 0 Å². The van der Waals surface area contributed by atoms with E-state index in [4.69, 9.17) is 5.73 Å². The summed E-state index contributed by atoms with van der Waals surface area (Å²) in [7, 11) is 2.18. The molecule has 0 atom stereocenters. The van der Waals surface area contributed by atoms with Gasteiger partial charge in [0, 0.05) is 11.4 Å². The van der Waals surface area contributed by atoms with Gasteiger partial charge in [-0.15, -0.1) is 0 Å². The molecule has 1 aliphatic heterocycles. The molecule has 106 valence electrons. The Morgan fingerprint density at radius 2 is 2.05 bits per heavy atom. The van der Waals surface area contributed by atoms with Crippen molar-refractivity contribution in [3.63, 3.8) is 0 Å². The average molecular weight is 270 g/mol. The molecule has 0 radical (unpaired) electrons. The molecule has 1 saturated heterocycles. The van der Waals surface area contributed by atoms with Crippen LogP contribution in [0.2, 0.25) is 0 Å². The zero-order chi connectivity index (χ0) is 14.1. The molecule has 1 aliphatic rings. The number of benzene rings is 1. The first kappa shape index (κ1) is 13.2. The van der Waals surface area contributed by atoms with Crippen LogP contribution in [0, 0.1) is 6.92 Å². The van der Waals surface area contributed by atoms with Gasteiger partial charge in [-0.1, -0.05) is 11.6 Å². The topological polar surface area (TPSA) is 54.2 Å². The summed E-state index contributed by atoms with van der Waals surface area (Å²) in [4.78, 5) is 6.79.